The van der Waals surface area contributed by atoms with Crippen LogP contribution >= 0.6 is 11.6 Å². The molecule has 1 aliphatic rings. The molecule has 3 N–H and O–H groups in total. The predicted molar refractivity (Wildman–Crippen MR) is 91.7 cm³/mol. The molecule has 1 atom stereocenters. The normalized spacial score (nSPS) is 18.1. The summed E-state index contributed by atoms with van der Waals surface area (Å²) in [5, 5.41) is 12.0. The van der Waals surface area contributed by atoms with Crippen molar-refractivity contribution in [3.8, 4) is 0 Å². The van der Waals surface area contributed by atoms with E-state index in [9.17, 15) is 22.7 Å². The fraction of sp³-hybridized carbons (Fsp3) is 0.533. The lowest BCUT2D eigenvalue weighted by Crippen LogP contribution is -2.47. The van der Waals surface area contributed by atoms with Gasteiger partial charge < -0.3 is 10.4 Å². The summed E-state index contributed by atoms with van der Waals surface area (Å²) in [7, 11) is -2.17. The number of hydrogen-bond donors (Lipinski definition) is 3. The number of rotatable bonds is 6. The Balaban J connectivity index is 2.01. The van der Waals surface area contributed by atoms with Crippen LogP contribution in [-0.4, -0.2) is 50.5 Å². The highest BCUT2D eigenvalue weighted by molar-refractivity contribution is 7.87. The number of piperidine rings is 1. The summed E-state index contributed by atoms with van der Waals surface area (Å²) in [4.78, 5) is 12.4. The van der Waals surface area contributed by atoms with Crippen molar-refractivity contribution >= 4 is 27.7 Å². The van der Waals surface area contributed by atoms with Crippen LogP contribution in [0.5, 0.6) is 0 Å². The van der Waals surface area contributed by atoms with E-state index in [2.05, 4.69) is 10.0 Å². The third-order valence-corrected chi connectivity index (χ3v) is 6.13. The fourth-order valence-corrected chi connectivity index (χ4v) is 3.92. The third-order valence-electron chi connectivity index (χ3n) is 4.28. The van der Waals surface area contributed by atoms with Gasteiger partial charge in [-0.2, -0.15) is 12.7 Å². The van der Waals surface area contributed by atoms with E-state index in [0.29, 0.717) is 12.8 Å². The highest BCUT2D eigenvalue weighted by atomic mass is 35.5. The topological polar surface area (TPSA) is 98.7 Å². The molecule has 0 aliphatic carbocycles. The molecule has 10 heteroatoms. The Bertz CT molecular complexity index is 723. The third kappa shape index (κ3) is 4.68. The lowest BCUT2D eigenvalue weighted by molar-refractivity contribution is -0.127. The van der Waals surface area contributed by atoms with Gasteiger partial charge in [0.05, 0.1) is 17.7 Å². The molecular weight excluding hydrogens is 373 g/mol. The van der Waals surface area contributed by atoms with Crippen molar-refractivity contribution in [2.75, 3.05) is 26.7 Å². The van der Waals surface area contributed by atoms with Crippen LogP contribution < -0.4 is 10.0 Å². The van der Waals surface area contributed by atoms with E-state index >= 15 is 0 Å². The molecule has 0 spiro atoms. The molecule has 0 aromatic heterocycles. The molecular formula is C15H21ClFN3O4S. The Kier molecular flexibility index (Phi) is 6.75. The van der Waals surface area contributed by atoms with E-state index in [1.54, 1.807) is 0 Å². The molecule has 1 aromatic rings. The highest BCUT2D eigenvalue weighted by Crippen LogP contribution is 2.25. The van der Waals surface area contributed by atoms with Gasteiger partial charge in [-0.1, -0.05) is 23.7 Å². The summed E-state index contributed by atoms with van der Waals surface area (Å²) >= 11 is 5.73. The second-order valence-electron chi connectivity index (χ2n) is 5.77. The van der Waals surface area contributed by atoms with Gasteiger partial charge in [-0.25, -0.2) is 9.11 Å². The van der Waals surface area contributed by atoms with Crippen molar-refractivity contribution in [1.29, 1.82) is 0 Å². The molecule has 25 heavy (non-hydrogen) atoms. The average molecular weight is 394 g/mol. The Hall–Kier alpha value is -1.26. The minimum absolute atomic E-state index is 0.0872. The first-order chi connectivity index (χ1) is 11.8. The van der Waals surface area contributed by atoms with Crippen molar-refractivity contribution in [2.24, 2.45) is 5.92 Å². The monoisotopic (exact) mass is 393 g/mol. The summed E-state index contributed by atoms with van der Waals surface area (Å²) in [5.41, 5.74) is 0.110. The summed E-state index contributed by atoms with van der Waals surface area (Å²) < 4.78 is 41.1. The van der Waals surface area contributed by atoms with Crippen LogP contribution in [0.1, 0.15) is 24.4 Å². The van der Waals surface area contributed by atoms with Crippen LogP contribution in [0.25, 0.3) is 0 Å². The van der Waals surface area contributed by atoms with E-state index in [1.165, 1.54) is 29.6 Å². The van der Waals surface area contributed by atoms with E-state index < -0.39 is 34.6 Å². The maximum Gasteiger partial charge on any atom is 0.279 e. The molecule has 7 nitrogen and oxygen atoms in total. The second-order valence-corrected chi connectivity index (χ2v) is 8.05. The number of hydrogen-bond acceptors (Lipinski definition) is 4. The Morgan fingerprint density at radius 2 is 2.08 bits per heavy atom. The first-order valence-electron chi connectivity index (χ1n) is 7.84. The van der Waals surface area contributed by atoms with Crippen LogP contribution in [0.15, 0.2) is 18.2 Å². The fourth-order valence-electron chi connectivity index (χ4n) is 2.79. The molecule has 1 aliphatic heterocycles. The molecule has 2 rings (SSSR count). The first-order valence-corrected chi connectivity index (χ1v) is 9.65. The van der Waals surface area contributed by atoms with Crippen molar-refractivity contribution in [2.45, 2.75) is 18.9 Å². The van der Waals surface area contributed by atoms with Crippen molar-refractivity contribution in [3.05, 3.63) is 34.6 Å². The van der Waals surface area contributed by atoms with Gasteiger partial charge >= 0.3 is 0 Å². The van der Waals surface area contributed by atoms with Crippen molar-refractivity contribution in [1.82, 2.24) is 14.3 Å². The van der Waals surface area contributed by atoms with Crippen LogP contribution in [0, 0.1) is 11.7 Å². The van der Waals surface area contributed by atoms with Crippen LogP contribution in [0.3, 0.4) is 0 Å². The first kappa shape index (κ1) is 20.1. The lowest BCUT2D eigenvalue weighted by atomic mass is 9.96. The standard InChI is InChI=1S/C15H21ClFN3O4S/c1-18-25(23,24)20-7-5-10(6-8-20)15(22)19-13(9-21)11-3-2-4-12(16)14(11)17/h2-4,10,13,18,21H,5-9H2,1H3,(H,19,22). The number of benzene rings is 1. The molecule has 0 radical (unpaired) electrons. The van der Waals surface area contributed by atoms with E-state index in [1.807, 2.05) is 0 Å². The predicted octanol–water partition coefficient (Wildman–Crippen LogP) is 0.805. The molecule has 1 aromatic carbocycles. The molecule has 1 fully saturated rings. The lowest BCUT2D eigenvalue weighted by Gasteiger charge is -2.31. The Morgan fingerprint density at radius 3 is 2.64 bits per heavy atom. The van der Waals surface area contributed by atoms with Gasteiger partial charge in [0, 0.05) is 31.6 Å². The van der Waals surface area contributed by atoms with E-state index in [0.717, 1.165) is 0 Å². The zero-order chi connectivity index (χ0) is 18.6. The van der Waals surface area contributed by atoms with Gasteiger partial charge in [-0.05, 0) is 18.9 Å². The van der Waals surface area contributed by atoms with Crippen LogP contribution in [-0.2, 0) is 15.0 Å². The molecule has 1 amide bonds. The minimum Gasteiger partial charge on any atom is -0.394 e. The molecule has 1 saturated heterocycles. The van der Waals surface area contributed by atoms with Gasteiger partial charge in [0.1, 0.15) is 5.82 Å². The van der Waals surface area contributed by atoms with Crippen molar-refractivity contribution in [3.63, 3.8) is 0 Å². The smallest absolute Gasteiger partial charge is 0.279 e. The second kappa shape index (κ2) is 8.41. The quantitative estimate of drug-likeness (QED) is 0.665. The summed E-state index contributed by atoms with van der Waals surface area (Å²) in [5.74, 6) is -1.43. The zero-order valence-electron chi connectivity index (χ0n) is 13.7. The minimum atomic E-state index is -3.50. The summed E-state index contributed by atoms with van der Waals surface area (Å²) in [6.45, 7) is -0.0386. The van der Waals surface area contributed by atoms with Gasteiger partial charge in [-0.3, -0.25) is 4.79 Å². The van der Waals surface area contributed by atoms with Crippen molar-refractivity contribution < 1.29 is 22.7 Å². The number of amides is 1. The molecule has 0 bridgehead atoms. The van der Waals surface area contributed by atoms with Gasteiger partial charge in [-0.15, -0.1) is 0 Å². The maximum atomic E-state index is 14.1. The number of nitrogens with one attached hydrogen (secondary N) is 2. The van der Waals surface area contributed by atoms with E-state index in [-0.39, 0.29) is 29.6 Å². The SMILES string of the molecule is CNS(=O)(=O)N1CCC(C(=O)NC(CO)c2cccc(Cl)c2F)CC1. The van der Waals surface area contributed by atoms with Crippen LogP contribution in [0.2, 0.25) is 5.02 Å². The molecule has 0 saturated carbocycles. The average Bonchev–Trinajstić information content (AvgIpc) is 2.62. The van der Waals surface area contributed by atoms with Crippen LogP contribution in [0.4, 0.5) is 4.39 Å². The highest BCUT2D eigenvalue weighted by Gasteiger charge is 2.31. The van der Waals surface area contributed by atoms with Gasteiger partial charge in [0.15, 0.2) is 0 Å². The van der Waals surface area contributed by atoms with Gasteiger partial charge in [0.2, 0.25) is 5.91 Å². The number of carbonyl (C=O) groups is 1. The number of aliphatic hydroxyl groups is 1. The number of halogens is 2. The largest absolute Gasteiger partial charge is 0.394 e. The summed E-state index contributed by atoms with van der Waals surface area (Å²) in [6, 6.07) is 3.46. The molecule has 1 heterocycles. The summed E-state index contributed by atoms with van der Waals surface area (Å²) in [6.07, 6.45) is 0.700. The molecule has 140 valence electrons. The number of nitrogens with zero attached hydrogens (tertiary/aromatic N) is 1. The Labute approximate surface area is 151 Å². The number of aliphatic hydroxyl groups excluding tert-OH is 1. The number of carbonyl (C=O) groups excluding carboxylic acids is 1. The molecule has 1 unspecified atom stereocenters. The van der Waals surface area contributed by atoms with Gasteiger partial charge in [0.25, 0.3) is 10.2 Å². The van der Waals surface area contributed by atoms with E-state index in [4.69, 9.17) is 11.6 Å². The Morgan fingerprint density at radius 1 is 1.44 bits per heavy atom. The maximum absolute atomic E-state index is 14.1. The zero-order valence-corrected chi connectivity index (χ0v) is 15.3.